The molecule has 0 aromatic carbocycles. The molecule has 1 saturated carbocycles. The van der Waals surface area contributed by atoms with E-state index in [0.29, 0.717) is 25.7 Å². The average molecular weight is 216 g/mol. The Morgan fingerprint density at radius 1 is 1.13 bits per heavy atom. The molecule has 0 aliphatic heterocycles. The van der Waals surface area contributed by atoms with Crippen molar-refractivity contribution in [3.05, 3.63) is 0 Å². The van der Waals surface area contributed by atoms with Crippen LogP contribution in [0.3, 0.4) is 0 Å². The lowest BCUT2D eigenvalue weighted by atomic mass is 9.95. The number of rotatable bonds is 4. The smallest absolute Gasteiger partial charge is 0.306 e. The Morgan fingerprint density at radius 2 is 1.73 bits per heavy atom. The van der Waals surface area contributed by atoms with Gasteiger partial charge in [-0.1, -0.05) is 0 Å². The molecule has 0 unspecified atom stereocenters. The van der Waals surface area contributed by atoms with E-state index < -0.39 is 11.9 Å². The molecule has 0 radical (unpaired) electrons. The van der Waals surface area contributed by atoms with Crippen LogP contribution in [0, 0.1) is 0 Å². The van der Waals surface area contributed by atoms with E-state index >= 15 is 0 Å². The van der Waals surface area contributed by atoms with Crippen LogP contribution in [0.25, 0.3) is 0 Å². The van der Waals surface area contributed by atoms with E-state index in [4.69, 9.17) is 9.84 Å². The van der Waals surface area contributed by atoms with E-state index in [0.717, 1.165) is 0 Å². The Hall–Kier alpha value is -1.10. The van der Waals surface area contributed by atoms with Crippen LogP contribution in [-0.4, -0.2) is 34.4 Å². The fraction of sp³-hybridized carbons (Fsp3) is 0.800. The van der Waals surface area contributed by atoms with E-state index in [-0.39, 0.29) is 25.0 Å². The summed E-state index contributed by atoms with van der Waals surface area (Å²) in [6, 6.07) is 0. The van der Waals surface area contributed by atoms with Crippen LogP contribution < -0.4 is 0 Å². The van der Waals surface area contributed by atoms with Gasteiger partial charge in [0.25, 0.3) is 0 Å². The zero-order chi connectivity index (χ0) is 11.3. The third-order valence-corrected chi connectivity index (χ3v) is 2.48. The summed E-state index contributed by atoms with van der Waals surface area (Å²) in [5.41, 5.74) is 0. The second-order valence-corrected chi connectivity index (χ2v) is 3.81. The van der Waals surface area contributed by atoms with Gasteiger partial charge in [-0.2, -0.15) is 0 Å². The minimum Gasteiger partial charge on any atom is -0.481 e. The van der Waals surface area contributed by atoms with E-state index in [1.165, 1.54) is 0 Å². The number of hydrogen-bond acceptors (Lipinski definition) is 4. The van der Waals surface area contributed by atoms with Crippen LogP contribution in [-0.2, 0) is 14.3 Å². The predicted octanol–water partition coefficient (Wildman–Crippen LogP) is 0.698. The molecule has 0 saturated heterocycles. The molecule has 0 atom stereocenters. The molecule has 15 heavy (non-hydrogen) atoms. The number of aliphatic hydroxyl groups excluding tert-OH is 1. The molecular weight excluding hydrogens is 200 g/mol. The minimum absolute atomic E-state index is 0.0750. The normalized spacial score (nSPS) is 25.9. The highest BCUT2D eigenvalue weighted by Crippen LogP contribution is 2.21. The lowest BCUT2D eigenvalue weighted by Crippen LogP contribution is -2.26. The van der Waals surface area contributed by atoms with Crippen LogP contribution in [0.1, 0.15) is 38.5 Å². The molecule has 0 amide bonds. The first-order chi connectivity index (χ1) is 7.08. The Morgan fingerprint density at radius 3 is 2.27 bits per heavy atom. The Kier molecular flexibility index (Phi) is 4.55. The molecule has 0 aromatic heterocycles. The van der Waals surface area contributed by atoms with Crippen LogP contribution in [0.15, 0.2) is 0 Å². The first-order valence-electron chi connectivity index (χ1n) is 5.17. The van der Waals surface area contributed by atoms with Crippen molar-refractivity contribution in [2.75, 3.05) is 0 Å². The standard InChI is InChI=1S/C10H16O5/c11-7-1-3-8(4-2-7)15-10(14)6-5-9(12)13/h7-8,11H,1-6H2,(H,12,13). The summed E-state index contributed by atoms with van der Waals surface area (Å²) in [6.07, 6.45) is 1.95. The number of carboxylic acid groups (broad SMARTS) is 1. The highest BCUT2D eigenvalue weighted by molar-refractivity contribution is 5.76. The zero-order valence-corrected chi connectivity index (χ0v) is 8.52. The molecule has 0 spiro atoms. The summed E-state index contributed by atoms with van der Waals surface area (Å²) < 4.78 is 5.08. The summed E-state index contributed by atoms with van der Waals surface area (Å²) in [6.45, 7) is 0. The Balaban J connectivity index is 2.17. The molecule has 5 heteroatoms. The molecule has 0 heterocycles. The summed E-state index contributed by atoms with van der Waals surface area (Å²) in [4.78, 5) is 21.3. The highest BCUT2D eigenvalue weighted by atomic mass is 16.5. The van der Waals surface area contributed by atoms with Gasteiger partial charge < -0.3 is 14.9 Å². The molecule has 1 aliphatic rings. The van der Waals surface area contributed by atoms with Crippen molar-refractivity contribution < 1.29 is 24.5 Å². The summed E-state index contributed by atoms with van der Waals surface area (Å²) in [5.74, 6) is -1.45. The van der Waals surface area contributed by atoms with Gasteiger partial charge in [-0.15, -0.1) is 0 Å². The summed E-state index contributed by atoms with van der Waals surface area (Å²) in [7, 11) is 0. The van der Waals surface area contributed by atoms with Crippen molar-refractivity contribution >= 4 is 11.9 Å². The van der Waals surface area contributed by atoms with E-state index in [2.05, 4.69) is 0 Å². The number of ether oxygens (including phenoxy) is 1. The third kappa shape index (κ3) is 4.78. The first kappa shape index (κ1) is 12.0. The van der Waals surface area contributed by atoms with Crippen molar-refractivity contribution in [3.63, 3.8) is 0 Å². The molecule has 5 nitrogen and oxygen atoms in total. The average Bonchev–Trinajstić information content (AvgIpc) is 2.19. The number of esters is 1. The summed E-state index contributed by atoms with van der Waals surface area (Å²) >= 11 is 0. The molecule has 1 aliphatic carbocycles. The topological polar surface area (TPSA) is 83.8 Å². The fourth-order valence-electron chi connectivity index (χ4n) is 1.62. The zero-order valence-electron chi connectivity index (χ0n) is 8.52. The number of aliphatic hydroxyl groups is 1. The van der Waals surface area contributed by atoms with Crippen LogP contribution in [0.2, 0.25) is 0 Å². The van der Waals surface area contributed by atoms with Gasteiger partial charge in [0.1, 0.15) is 6.10 Å². The fourth-order valence-corrected chi connectivity index (χ4v) is 1.62. The molecule has 1 rings (SSSR count). The highest BCUT2D eigenvalue weighted by Gasteiger charge is 2.22. The Labute approximate surface area is 88.0 Å². The van der Waals surface area contributed by atoms with E-state index in [1.54, 1.807) is 0 Å². The van der Waals surface area contributed by atoms with Crippen LogP contribution >= 0.6 is 0 Å². The van der Waals surface area contributed by atoms with Gasteiger partial charge in [-0.3, -0.25) is 9.59 Å². The second-order valence-electron chi connectivity index (χ2n) is 3.81. The van der Waals surface area contributed by atoms with Crippen molar-refractivity contribution in [1.29, 1.82) is 0 Å². The third-order valence-electron chi connectivity index (χ3n) is 2.48. The maximum absolute atomic E-state index is 11.1. The largest absolute Gasteiger partial charge is 0.481 e. The first-order valence-corrected chi connectivity index (χ1v) is 5.17. The molecule has 1 fully saturated rings. The van der Waals surface area contributed by atoms with Crippen LogP contribution in [0.5, 0.6) is 0 Å². The number of carbonyl (C=O) groups excluding carboxylic acids is 1. The van der Waals surface area contributed by atoms with Crippen LogP contribution in [0.4, 0.5) is 0 Å². The number of hydrogen-bond donors (Lipinski definition) is 2. The summed E-state index contributed by atoms with van der Waals surface area (Å²) in [5, 5.41) is 17.6. The van der Waals surface area contributed by atoms with Gasteiger partial charge >= 0.3 is 11.9 Å². The van der Waals surface area contributed by atoms with Crippen molar-refractivity contribution in [2.24, 2.45) is 0 Å². The lowest BCUT2D eigenvalue weighted by molar-refractivity contribution is -0.154. The second kappa shape index (κ2) is 5.70. The van der Waals surface area contributed by atoms with Gasteiger partial charge in [0.2, 0.25) is 0 Å². The molecule has 0 aromatic rings. The van der Waals surface area contributed by atoms with E-state index in [9.17, 15) is 14.7 Å². The van der Waals surface area contributed by atoms with Crippen molar-refractivity contribution in [2.45, 2.75) is 50.7 Å². The van der Waals surface area contributed by atoms with Crippen molar-refractivity contribution in [1.82, 2.24) is 0 Å². The maximum Gasteiger partial charge on any atom is 0.306 e. The number of carboxylic acids is 1. The molecular formula is C10H16O5. The van der Waals surface area contributed by atoms with Gasteiger partial charge in [-0.25, -0.2) is 0 Å². The number of aliphatic carboxylic acids is 1. The molecule has 2 N–H and O–H groups in total. The minimum atomic E-state index is -0.994. The molecule has 86 valence electrons. The lowest BCUT2D eigenvalue weighted by Gasteiger charge is -2.25. The Bertz CT molecular complexity index is 230. The quantitative estimate of drug-likeness (QED) is 0.676. The van der Waals surface area contributed by atoms with Gasteiger partial charge in [-0.05, 0) is 25.7 Å². The van der Waals surface area contributed by atoms with E-state index in [1.807, 2.05) is 0 Å². The predicted molar refractivity (Wildman–Crippen MR) is 51.2 cm³/mol. The van der Waals surface area contributed by atoms with Crippen molar-refractivity contribution in [3.8, 4) is 0 Å². The van der Waals surface area contributed by atoms with Gasteiger partial charge in [0, 0.05) is 0 Å². The monoisotopic (exact) mass is 216 g/mol. The van der Waals surface area contributed by atoms with Gasteiger partial charge in [0.15, 0.2) is 0 Å². The maximum atomic E-state index is 11.1. The van der Waals surface area contributed by atoms with Gasteiger partial charge in [0.05, 0.1) is 18.9 Å². The number of carbonyl (C=O) groups is 2. The SMILES string of the molecule is O=C(O)CCC(=O)OC1CCC(O)CC1. The molecule has 0 bridgehead atoms.